The van der Waals surface area contributed by atoms with E-state index in [1.54, 1.807) is 13.0 Å². The molecule has 0 spiro atoms. The second kappa shape index (κ2) is 4.28. The third kappa shape index (κ3) is 2.44. The Hall–Kier alpha value is -1.61. The van der Waals surface area contributed by atoms with E-state index in [0.29, 0.717) is 0 Å². The van der Waals surface area contributed by atoms with Crippen LogP contribution in [0.3, 0.4) is 0 Å². The summed E-state index contributed by atoms with van der Waals surface area (Å²) in [5.41, 5.74) is 0.254. The Morgan fingerprint density at radius 2 is 2.27 bits per heavy atom. The first kappa shape index (κ1) is 11.5. The molecule has 0 unspecified atom stereocenters. The van der Waals surface area contributed by atoms with E-state index in [1.165, 1.54) is 12.3 Å². The van der Waals surface area contributed by atoms with E-state index in [9.17, 15) is 8.42 Å². The molecule has 0 bridgehead atoms. The van der Waals surface area contributed by atoms with Gasteiger partial charge in [-0.2, -0.15) is 5.26 Å². The molecule has 0 aliphatic carbocycles. The number of rotatable bonds is 3. The summed E-state index contributed by atoms with van der Waals surface area (Å²) in [6.07, 6.45) is 2.55. The third-order valence-corrected chi connectivity index (χ3v) is 3.06. The summed E-state index contributed by atoms with van der Waals surface area (Å²) < 4.78 is 23.9. The van der Waals surface area contributed by atoms with Crippen molar-refractivity contribution in [3.05, 3.63) is 23.9 Å². The molecular formula is C9H11N3O2S. The first-order valence-electron chi connectivity index (χ1n) is 4.33. The molecule has 80 valence electrons. The molecule has 0 atom stereocenters. The fraction of sp³-hybridized carbons (Fsp3) is 0.333. The largest absolute Gasteiger partial charge is 0.253 e. The van der Waals surface area contributed by atoms with Crippen LogP contribution in [0.25, 0.3) is 0 Å². The molecule has 1 aromatic rings. The number of nitriles is 1. The van der Waals surface area contributed by atoms with Crippen molar-refractivity contribution in [1.82, 2.24) is 4.98 Å². The molecule has 0 radical (unpaired) electrons. The zero-order valence-electron chi connectivity index (χ0n) is 8.51. The molecule has 0 fully saturated rings. The third-order valence-electron chi connectivity index (χ3n) is 1.83. The van der Waals surface area contributed by atoms with Gasteiger partial charge in [0.2, 0.25) is 10.0 Å². The van der Waals surface area contributed by atoms with Gasteiger partial charge in [0.1, 0.15) is 6.07 Å². The number of anilines is 1. The Balaban J connectivity index is 3.32. The Kier molecular flexibility index (Phi) is 3.27. The van der Waals surface area contributed by atoms with Gasteiger partial charge in [-0.25, -0.2) is 13.4 Å². The van der Waals surface area contributed by atoms with Crippen LogP contribution in [-0.4, -0.2) is 26.2 Å². The summed E-state index contributed by atoms with van der Waals surface area (Å²) in [5, 5.41) is 8.82. The summed E-state index contributed by atoms with van der Waals surface area (Å²) in [6.45, 7) is 1.95. The molecule has 0 saturated carbocycles. The number of hydrogen-bond donors (Lipinski definition) is 0. The van der Waals surface area contributed by atoms with E-state index in [0.717, 1.165) is 10.6 Å². The smallest absolute Gasteiger partial charge is 0.233 e. The zero-order valence-corrected chi connectivity index (χ0v) is 9.32. The number of pyridine rings is 1. The van der Waals surface area contributed by atoms with Crippen LogP contribution in [-0.2, 0) is 10.0 Å². The Morgan fingerprint density at radius 3 is 2.73 bits per heavy atom. The van der Waals surface area contributed by atoms with Crippen molar-refractivity contribution >= 4 is 15.8 Å². The van der Waals surface area contributed by atoms with Crippen molar-refractivity contribution < 1.29 is 8.42 Å². The highest BCUT2D eigenvalue weighted by molar-refractivity contribution is 7.92. The SMILES string of the molecule is CCN(c1ncccc1C#N)S(C)(=O)=O. The normalized spacial score (nSPS) is 10.7. The summed E-state index contributed by atoms with van der Waals surface area (Å²) in [5.74, 6) is 0.185. The summed E-state index contributed by atoms with van der Waals surface area (Å²) in [4.78, 5) is 3.91. The predicted octanol–water partition coefficient (Wildman–Crippen LogP) is 0.739. The maximum Gasteiger partial charge on any atom is 0.233 e. The topological polar surface area (TPSA) is 74.1 Å². The molecule has 15 heavy (non-hydrogen) atoms. The molecule has 0 N–H and O–H groups in total. The molecule has 0 saturated heterocycles. The lowest BCUT2D eigenvalue weighted by Gasteiger charge is -2.19. The van der Waals surface area contributed by atoms with Gasteiger partial charge in [-0.15, -0.1) is 0 Å². The molecule has 5 nitrogen and oxygen atoms in total. The van der Waals surface area contributed by atoms with Crippen molar-refractivity contribution in [2.75, 3.05) is 17.1 Å². The molecule has 0 aliphatic heterocycles. The second-order valence-corrected chi connectivity index (χ2v) is 4.82. The second-order valence-electron chi connectivity index (χ2n) is 2.91. The highest BCUT2D eigenvalue weighted by Gasteiger charge is 2.19. The van der Waals surface area contributed by atoms with Crippen molar-refractivity contribution in [2.45, 2.75) is 6.92 Å². The van der Waals surface area contributed by atoms with Gasteiger partial charge >= 0.3 is 0 Å². The van der Waals surface area contributed by atoms with Gasteiger partial charge in [0.05, 0.1) is 11.8 Å². The lowest BCUT2D eigenvalue weighted by Crippen LogP contribution is -2.30. The summed E-state index contributed by atoms with van der Waals surface area (Å²) in [6, 6.07) is 5.05. The molecule has 0 amide bonds. The first-order valence-corrected chi connectivity index (χ1v) is 6.18. The number of hydrogen-bond acceptors (Lipinski definition) is 4. The minimum atomic E-state index is -3.38. The number of nitrogens with zero attached hydrogens (tertiary/aromatic N) is 3. The standard InChI is InChI=1S/C9H11N3O2S/c1-3-12(15(2,13)14)9-8(7-10)5-4-6-11-9/h4-6H,3H2,1-2H3. The van der Waals surface area contributed by atoms with Gasteiger partial charge in [0.25, 0.3) is 0 Å². The fourth-order valence-corrected chi connectivity index (χ4v) is 2.15. The van der Waals surface area contributed by atoms with E-state index >= 15 is 0 Å². The van der Waals surface area contributed by atoms with Crippen LogP contribution in [0.5, 0.6) is 0 Å². The molecule has 0 aliphatic rings. The highest BCUT2D eigenvalue weighted by Crippen LogP contribution is 2.18. The lowest BCUT2D eigenvalue weighted by atomic mass is 10.3. The van der Waals surface area contributed by atoms with Crippen molar-refractivity contribution in [1.29, 1.82) is 5.26 Å². The average Bonchev–Trinajstić information content (AvgIpc) is 2.17. The van der Waals surface area contributed by atoms with Crippen LogP contribution in [0.15, 0.2) is 18.3 Å². The fourth-order valence-electron chi connectivity index (χ4n) is 1.22. The molecular weight excluding hydrogens is 214 g/mol. The minimum Gasteiger partial charge on any atom is -0.253 e. The Bertz CT molecular complexity index is 490. The van der Waals surface area contributed by atoms with Crippen LogP contribution in [0.4, 0.5) is 5.82 Å². The van der Waals surface area contributed by atoms with Crippen LogP contribution < -0.4 is 4.31 Å². The highest BCUT2D eigenvalue weighted by atomic mass is 32.2. The van der Waals surface area contributed by atoms with E-state index in [2.05, 4.69) is 4.98 Å². The van der Waals surface area contributed by atoms with Crippen LogP contribution in [0.1, 0.15) is 12.5 Å². The quantitative estimate of drug-likeness (QED) is 0.760. The minimum absolute atomic E-state index is 0.185. The summed E-state index contributed by atoms with van der Waals surface area (Å²) >= 11 is 0. The molecule has 1 aromatic heterocycles. The van der Waals surface area contributed by atoms with Gasteiger partial charge in [-0.3, -0.25) is 4.31 Å². The average molecular weight is 225 g/mol. The lowest BCUT2D eigenvalue weighted by molar-refractivity contribution is 0.597. The van der Waals surface area contributed by atoms with Crippen LogP contribution in [0.2, 0.25) is 0 Å². The van der Waals surface area contributed by atoms with Crippen molar-refractivity contribution in [3.63, 3.8) is 0 Å². The molecule has 1 heterocycles. The van der Waals surface area contributed by atoms with Gasteiger partial charge in [0.15, 0.2) is 5.82 Å². The predicted molar refractivity (Wildman–Crippen MR) is 56.8 cm³/mol. The van der Waals surface area contributed by atoms with Crippen molar-refractivity contribution in [3.8, 4) is 6.07 Å². The molecule has 1 rings (SSSR count). The summed E-state index contributed by atoms with van der Waals surface area (Å²) in [7, 11) is -3.38. The van der Waals surface area contributed by atoms with Crippen LogP contribution in [0, 0.1) is 11.3 Å². The van der Waals surface area contributed by atoms with E-state index in [1.807, 2.05) is 6.07 Å². The van der Waals surface area contributed by atoms with Crippen LogP contribution >= 0.6 is 0 Å². The Morgan fingerprint density at radius 1 is 1.60 bits per heavy atom. The van der Waals surface area contributed by atoms with Gasteiger partial charge < -0.3 is 0 Å². The number of sulfonamides is 1. The van der Waals surface area contributed by atoms with Crippen molar-refractivity contribution in [2.24, 2.45) is 0 Å². The molecule has 6 heteroatoms. The number of aromatic nitrogens is 1. The van der Waals surface area contributed by atoms with Gasteiger partial charge in [-0.05, 0) is 19.1 Å². The molecule has 0 aromatic carbocycles. The van der Waals surface area contributed by atoms with E-state index in [-0.39, 0.29) is 17.9 Å². The monoisotopic (exact) mass is 225 g/mol. The van der Waals surface area contributed by atoms with Gasteiger partial charge in [-0.1, -0.05) is 0 Å². The Labute approximate surface area is 89.0 Å². The van der Waals surface area contributed by atoms with E-state index < -0.39 is 10.0 Å². The van der Waals surface area contributed by atoms with E-state index in [4.69, 9.17) is 5.26 Å². The van der Waals surface area contributed by atoms with Gasteiger partial charge in [0, 0.05) is 12.7 Å². The first-order chi connectivity index (χ1) is 7.00. The zero-order chi connectivity index (χ0) is 11.5. The maximum absolute atomic E-state index is 11.4. The maximum atomic E-state index is 11.4.